The van der Waals surface area contributed by atoms with Gasteiger partial charge in [-0.25, -0.2) is 9.97 Å². The highest BCUT2D eigenvalue weighted by Crippen LogP contribution is 2.28. The summed E-state index contributed by atoms with van der Waals surface area (Å²) < 4.78 is 1.87. The minimum Gasteiger partial charge on any atom is -0.306 e. The molecule has 26 heavy (non-hydrogen) atoms. The summed E-state index contributed by atoms with van der Waals surface area (Å²) in [6.07, 6.45) is 3.67. The predicted octanol–water partition coefficient (Wildman–Crippen LogP) is 4.98. The summed E-state index contributed by atoms with van der Waals surface area (Å²) in [4.78, 5) is 21.6. The molecule has 7 heteroatoms. The number of thiazole rings is 1. The van der Waals surface area contributed by atoms with Crippen molar-refractivity contribution >= 4 is 39.6 Å². The van der Waals surface area contributed by atoms with E-state index < -0.39 is 0 Å². The maximum atomic E-state index is 12.7. The molecule has 1 aromatic carbocycles. The van der Waals surface area contributed by atoms with Gasteiger partial charge in [-0.15, -0.1) is 11.3 Å². The number of anilines is 1. The molecule has 1 amide bonds. The van der Waals surface area contributed by atoms with Crippen LogP contribution in [0.1, 0.15) is 21.7 Å². The Morgan fingerprint density at radius 1 is 1.15 bits per heavy atom. The smallest absolute Gasteiger partial charge is 0.258 e. The molecule has 0 aliphatic heterocycles. The van der Waals surface area contributed by atoms with Crippen LogP contribution in [0.4, 0.5) is 5.13 Å². The van der Waals surface area contributed by atoms with Crippen molar-refractivity contribution in [1.82, 2.24) is 14.4 Å². The average molecular weight is 383 g/mol. The third-order valence-corrected chi connectivity index (χ3v) is 5.02. The predicted molar refractivity (Wildman–Crippen MR) is 105 cm³/mol. The minimum atomic E-state index is -0.212. The third-order valence-electron chi connectivity index (χ3n) is 3.91. The summed E-state index contributed by atoms with van der Waals surface area (Å²) >= 11 is 7.55. The number of imidazole rings is 1. The number of fused-ring (bicyclic) bond motifs is 1. The van der Waals surface area contributed by atoms with Crippen LogP contribution in [-0.4, -0.2) is 20.3 Å². The van der Waals surface area contributed by atoms with Gasteiger partial charge in [0, 0.05) is 28.4 Å². The molecule has 4 aromatic rings. The Balaban J connectivity index is 1.82. The van der Waals surface area contributed by atoms with E-state index in [0.717, 1.165) is 28.2 Å². The first-order chi connectivity index (χ1) is 12.5. The topological polar surface area (TPSA) is 59.3 Å². The molecule has 0 fully saturated rings. The van der Waals surface area contributed by atoms with Crippen LogP contribution < -0.4 is 5.32 Å². The number of hydrogen-bond donors (Lipinski definition) is 1. The lowest BCUT2D eigenvalue weighted by Gasteiger charge is -2.09. The van der Waals surface area contributed by atoms with Gasteiger partial charge >= 0.3 is 0 Å². The van der Waals surface area contributed by atoms with Crippen molar-refractivity contribution in [2.24, 2.45) is 0 Å². The molecule has 0 aliphatic carbocycles. The zero-order valence-corrected chi connectivity index (χ0v) is 15.7. The highest BCUT2D eigenvalue weighted by molar-refractivity contribution is 7.13. The SMILES string of the molecule is Cc1csc(NC(=O)c2cc(-c3cccc(Cl)c3)c3nc(C)cn3c2)n1. The number of hydrogen-bond acceptors (Lipinski definition) is 4. The second-order valence-corrected chi connectivity index (χ2v) is 7.31. The van der Waals surface area contributed by atoms with Crippen LogP contribution in [-0.2, 0) is 0 Å². The minimum absolute atomic E-state index is 0.212. The number of rotatable bonds is 3. The fraction of sp³-hybridized carbons (Fsp3) is 0.105. The highest BCUT2D eigenvalue weighted by atomic mass is 35.5. The van der Waals surface area contributed by atoms with Gasteiger partial charge in [0.1, 0.15) is 5.65 Å². The van der Waals surface area contributed by atoms with Gasteiger partial charge in [-0.1, -0.05) is 23.7 Å². The Kier molecular flexibility index (Phi) is 4.22. The molecule has 130 valence electrons. The molecular formula is C19H15ClN4OS. The number of benzene rings is 1. The molecule has 0 radical (unpaired) electrons. The number of carbonyl (C=O) groups excluding carboxylic acids is 1. The zero-order valence-electron chi connectivity index (χ0n) is 14.2. The first-order valence-electron chi connectivity index (χ1n) is 7.98. The van der Waals surface area contributed by atoms with E-state index in [1.807, 2.05) is 60.2 Å². The first-order valence-corrected chi connectivity index (χ1v) is 9.24. The second-order valence-electron chi connectivity index (χ2n) is 6.01. The molecule has 3 aromatic heterocycles. The van der Waals surface area contributed by atoms with Crippen molar-refractivity contribution in [2.75, 3.05) is 5.32 Å². The number of nitrogens with zero attached hydrogens (tertiary/aromatic N) is 3. The number of aryl methyl sites for hydroxylation is 2. The molecule has 0 spiro atoms. The van der Waals surface area contributed by atoms with E-state index in [1.54, 1.807) is 6.20 Å². The normalized spacial score (nSPS) is 11.0. The fourth-order valence-corrected chi connectivity index (χ4v) is 3.67. The molecule has 4 rings (SSSR count). The number of halogens is 1. The molecule has 0 aliphatic rings. The van der Waals surface area contributed by atoms with Crippen LogP contribution in [0.25, 0.3) is 16.8 Å². The Morgan fingerprint density at radius 2 is 2.00 bits per heavy atom. The zero-order chi connectivity index (χ0) is 18.3. The average Bonchev–Trinajstić information content (AvgIpc) is 3.18. The maximum Gasteiger partial charge on any atom is 0.258 e. The van der Waals surface area contributed by atoms with Crippen LogP contribution in [0, 0.1) is 13.8 Å². The lowest BCUT2D eigenvalue weighted by atomic mass is 10.0. The maximum absolute atomic E-state index is 12.7. The van der Waals surface area contributed by atoms with Crippen molar-refractivity contribution in [3.05, 3.63) is 70.1 Å². The molecule has 0 bridgehead atoms. The quantitative estimate of drug-likeness (QED) is 0.543. The van der Waals surface area contributed by atoms with Crippen molar-refractivity contribution < 1.29 is 4.79 Å². The Hall–Kier alpha value is -2.70. The lowest BCUT2D eigenvalue weighted by Crippen LogP contribution is -2.13. The van der Waals surface area contributed by atoms with Gasteiger partial charge in [-0.2, -0.15) is 0 Å². The number of aromatic nitrogens is 3. The molecular weight excluding hydrogens is 368 g/mol. The molecule has 0 saturated heterocycles. The molecule has 3 heterocycles. The van der Waals surface area contributed by atoms with Crippen molar-refractivity contribution in [1.29, 1.82) is 0 Å². The van der Waals surface area contributed by atoms with E-state index in [-0.39, 0.29) is 5.91 Å². The van der Waals surface area contributed by atoms with Gasteiger partial charge in [-0.3, -0.25) is 10.1 Å². The van der Waals surface area contributed by atoms with Crippen LogP contribution in [0.5, 0.6) is 0 Å². The number of carbonyl (C=O) groups is 1. The molecule has 1 N–H and O–H groups in total. The summed E-state index contributed by atoms with van der Waals surface area (Å²) in [5.41, 5.74) is 4.83. The van der Waals surface area contributed by atoms with Crippen LogP contribution >= 0.6 is 22.9 Å². The Morgan fingerprint density at radius 3 is 2.73 bits per heavy atom. The van der Waals surface area contributed by atoms with Crippen molar-refractivity contribution in [3.63, 3.8) is 0 Å². The molecule has 0 unspecified atom stereocenters. The largest absolute Gasteiger partial charge is 0.306 e. The van der Waals surface area contributed by atoms with Gasteiger partial charge in [0.2, 0.25) is 0 Å². The van der Waals surface area contributed by atoms with Gasteiger partial charge in [0.15, 0.2) is 5.13 Å². The van der Waals surface area contributed by atoms with E-state index in [1.165, 1.54) is 11.3 Å². The van der Waals surface area contributed by atoms with Crippen molar-refractivity contribution in [2.45, 2.75) is 13.8 Å². The lowest BCUT2D eigenvalue weighted by molar-refractivity contribution is 0.102. The second kappa shape index (κ2) is 6.55. The summed E-state index contributed by atoms with van der Waals surface area (Å²) in [5.74, 6) is -0.212. The monoisotopic (exact) mass is 382 g/mol. The summed E-state index contributed by atoms with van der Waals surface area (Å²) in [6.45, 7) is 3.82. The Bertz CT molecular complexity index is 1130. The molecule has 5 nitrogen and oxygen atoms in total. The first kappa shape index (κ1) is 16.8. The number of nitrogens with one attached hydrogen (secondary N) is 1. The number of pyridine rings is 1. The van der Waals surface area contributed by atoms with E-state index in [2.05, 4.69) is 15.3 Å². The van der Waals surface area contributed by atoms with Crippen LogP contribution in [0.15, 0.2) is 48.1 Å². The van der Waals surface area contributed by atoms with E-state index in [9.17, 15) is 4.79 Å². The van der Waals surface area contributed by atoms with Crippen molar-refractivity contribution in [3.8, 4) is 11.1 Å². The standard InChI is InChI=1S/C19H15ClN4OS/c1-11-8-24-9-14(18(25)23-19-22-12(2)10-26-19)7-16(17(24)21-11)13-4-3-5-15(20)6-13/h3-10H,1-2H3,(H,22,23,25). The van der Waals surface area contributed by atoms with E-state index in [0.29, 0.717) is 15.7 Å². The summed E-state index contributed by atoms with van der Waals surface area (Å²) in [5, 5.41) is 5.97. The molecule has 0 atom stereocenters. The van der Waals surface area contributed by atoms with Gasteiger partial charge in [-0.05, 0) is 37.6 Å². The van der Waals surface area contributed by atoms with Gasteiger partial charge in [0.25, 0.3) is 5.91 Å². The third kappa shape index (κ3) is 3.21. The number of amides is 1. The van der Waals surface area contributed by atoms with Gasteiger partial charge in [0.05, 0.1) is 17.0 Å². The van der Waals surface area contributed by atoms with E-state index in [4.69, 9.17) is 11.6 Å². The Labute approximate surface area is 159 Å². The summed E-state index contributed by atoms with van der Waals surface area (Å²) in [6, 6.07) is 9.36. The highest BCUT2D eigenvalue weighted by Gasteiger charge is 2.15. The van der Waals surface area contributed by atoms with Crippen LogP contribution in [0.3, 0.4) is 0 Å². The van der Waals surface area contributed by atoms with Gasteiger partial charge < -0.3 is 4.40 Å². The summed E-state index contributed by atoms with van der Waals surface area (Å²) in [7, 11) is 0. The van der Waals surface area contributed by atoms with Crippen LogP contribution in [0.2, 0.25) is 5.02 Å². The molecule has 0 saturated carbocycles. The van der Waals surface area contributed by atoms with E-state index >= 15 is 0 Å². The fourth-order valence-electron chi connectivity index (χ4n) is 2.79.